The van der Waals surface area contributed by atoms with E-state index in [0.717, 1.165) is 19.3 Å². The van der Waals surface area contributed by atoms with E-state index in [-0.39, 0.29) is 16.7 Å². The molecular weight excluding hydrogens is 232 g/mol. The molecule has 0 amide bonds. The molecule has 0 spiro atoms. The smallest absolute Gasteiger partial charge is 0.313 e. The summed E-state index contributed by atoms with van der Waals surface area (Å²) in [6.45, 7) is 4.44. The minimum absolute atomic E-state index is 0.0235. The van der Waals surface area contributed by atoms with Gasteiger partial charge in [-0.25, -0.2) is 0 Å². The standard InChI is InChI=1S/C12H20N4O2/c1-3-6-15-11(7-10(13)9-4-5-9)12(16(17)18)8(2)14-15/h9-10H,3-7,13H2,1-2H3. The Kier molecular flexibility index (Phi) is 3.65. The van der Waals surface area contributed by atoms with Crippen LogP contribution in [0.15, 0.2) is 0 Å². The van der Waals surface area contributed by atoms with Gasteiger partial charge in [0.2, 0.25) is 0 Å². The van der Waals surface area contributed by atoms with Crippen LogP contribution >= 0.6 is 0 Å². The van der Waals surface area contributed by atoms with Gasteiger partial charge in [-0.1, -0.05) is 6.92 Å². The molecule has 2 N–H and O–H groups in total. The van der Waals surface area contributed by atoms with E-state index in [1.54, 1.807) is 11.6 Å². The SMILES string of the molecule is CCCn1nc(C)c([N+](=O)[O-])c1CC(N)C1CC1. The van der Waals surface area contributed by atoms with Crippen molar-refractivity contribution in [1.82, 2.24) is 9.78 Å². The molecule has 1 aromatic rings. The van der Waals surface area contributed by atoms with Gasteiger partial charge in [0.05, 0.1) is 4.92 Å². The lowest BCUT2D eigenvalue weighted by atomic mass is 10.1. The molecular formula is C12H20N4O2. The topological polar surface area (TPSA) is 87.0 Å². The number of aromatic nitrogens is 2. The molecule has 0 aliphatic heterocycles. The van der Waals surface area contributed by atoms with Crippen LogP contribution in [0, 0.1) is 23.0 Å². The molecule has 0 bridgehead atoms. The van der Waals surface area contributed by atoms with Crippen molar-refractivity contribution in [3.05, 3.63) is 21.5 Å². The van der Waals surface area contributed by atoms with Gasteiger partial charge >= 0.3 is 5.69 Å². The highest BCUT2D eigenvalue weighted by molar-refractivity contribution is 5.41. The number of rotatable bonds is 6. The summed E-state index contributed by atoms with van der Waals surface area (Å²) in [4.78, 5) is 10.8. The fourth-order valence-corrected chi connectivity index (χ4v) is 2.37. The second-order valence-electron chi connectivity index (χ2n) is 5.07. The molecule has 1 atom stereocenters. The summed E-state index contributed by atoms with van der Waals surface area (Å²) in [5, 5.41) is 15.4. The van der Waals surface area contributed by atoms with E-state index >= 15 is 0 Å². The van der Waals surface area contributed by atoms with Crippen molar-refractivity contribution in [2.75, 3.05) is 0 Å². The van der Waals surface area contributed by atoms with Crippen LogP contribution in [0.3, 0.4) is 0 Å². The first-order valence-electron chi connectivity index (χ1n) is 6.50. The van der Waals surface area contributed by atoms with E-state index < -0.39 is 0 Å². The maximum Gasteiger partial charge on any atom is 0.313 e. The van der Waals surface area contributed by atoms with Crippen LogP contribution in [0.4, 0.5) is 5.69 Å². The zero-order valence-corrected chi connectivity index (χ0v) is 10.9. The minimum atomic E-state index is -0.330. The maximum absolute atomic E-state index is 11.1. The van der Waals surface area contributed by atoms with Crippen LogP contribution in [0.5, 0.6) is 0 Å². The van der Waals surface area contributed by atoms with Gasteiger partial charge in [-0.05, 0) is 32.1 Å². The Bertz CT molecular complexity index is 451. The summed E-state index contributed by atoms with van der Waals surface area (Å²) < 4.78 is 1.76. The van der Waals surface area contributed by atoms with E-state index in [2.05, 4.69) is 5.10 Å². The highest BCUT2D eigenvalue weighted by Crippen LogP contribution is 2.34. The first-order valence-corrected chi connectivity index (χ1v) is 6.50. The van der Waals surface area contributed by atoms with Crippen molar-refractivity contribution in [1.29, 1.82) is 0 Å². The zero-order valence-electron chi connectivity index (χ0n) is 10.9. The quantitative estimate of drug-likeness (QED) is 0.617. The molecule has 1 heterocycles. The van der Waals surface area contributed by atoms with Gasteiger partial charge in [0, 0.05) is 19.0 Å². The van der Waals surface area contributed by atoms with E-state index in [1.165, 1.54) is 0 Å². The van der Waals surface area contributed by atoms with E-state index in [1.807, 2.05) is 6.92 Å². The molecule has 1 saturated carbocycles. The molecule has 2 rings (SSSR count). The van der Waals surface area contributed by atoms with Crippen molar-refractivity contribution in [2.45, 2.75) is 52.1 Å². The Labute approximate surface area is 106 Å². The van der Waals surface area contributed by atoms with Crippen molar-refractivity contribution in [2.24, 2.45) is 11.7 Å². The number of aryl methyl sites for hydroxylation is 2. The van der Waals surface area contributed by atoms with Gasteiger partial charge < -0.3 is 5.73 Å². The van der Waals surface area contributed by atoms with Crippen LogP contribution in [0.25, 0.3) is 0 Å². The molecule has 6 heteroatoms. The summed E-state index contributed by atoms with van der Waals surface area (Å²) in [6.07, 6.45) is 3.76. The molecule has 100 valence electrons. The van der Waals surface area contributed by atoms with Gasteiger partial charge in [-0.3, -0.25) is 14.8 Å². The molecule has 0 saturated heterocycles. The molecule has 0 aromatic carbocycles. The first-order chi connectivity index (χ1) is 8.54. The molecule has 1 unspecified atom stereocenters. The van der Waals surface area contributed by atoms with Gasteiger partial charge in [0.25, 0.3) is 0 Å². The summed E-state index contributed by atoms with van der Waals surface area (Å²) in [5.41, 5.74) is 7.43. The maximum atomic E-state index is 11.1. The van der Waals surface area contributed by atoms with Crippen molar-refractivity contribution >= 4 is 5.69 Å². The molecule has 1 fully saturated rings. The number of nitrogens with two attached hydrogens (primary N) is 1. The van der Waals surface area contributed by atoms with Crippen molar-refractivity contribution < 1.29 is 4.92 Å². The second kappa shape index (κ2) is 5.06. The fourth-order valence-electron chi connectivity index (χ4n) is 2.37. The zero-order chi connectivity index (χ0) is 13.3. The molecule has 1 aliphatic carbocycles. The van der Waals surface area contributed by atoms with E-state index in [0.29, 0.717) is 30.3 Å². The highest BCUT2D eigenvalue weighted by Gasteiger charge is 2.33. The Morgan fingerprint density at radius 2 is 2.28 bits per heavy atom. The van der Waals surface area contributed by atoms with E-state index in [4.69, 9.17) is 5.73 Å². The summed E-state index contributed by atoms with van der Waals surface area (Å²) in [6, 6.07) is 0.0235. The third kappa shape index (κ3) is 2.53. The van der Waals surface area contributed by atoms with Crippen molar-refractivity contribution in [3.8, 4) is 0 Å². The Morgan fingerprint density at radius 3 is 2.78 bits per heavy atom. The van der Waals surface area contributed by atoms with Gasteiger partial charge in [-0.2, -0.15) is 5.10 Å². The average molecular weight is 252 g/mol. The predicted octanol–water partition coefficient (Wildman–Crippen LogP) is 1.79. The third-order valence-corrected chi connectivity index (χ3v) is 3.47. The van der Waals surface area contributed by atoms with Gasteiger partial charge in [0.1, 0.15) is 11.4 Å². The number of nitro groups is 1. The summed E-state index contributed by atoms with van der Waals surface area (Å²) in [5.74, 6) is 0.537. The third-order valence-electron chi connectivity index (χ3n) is 3.47. The lowest BCUT2D eigenvalue weighted by molar-refractivity contribution is -0.386. The molecule has 0 radical (unpaired) electrons. The predicted molar refractivity (Wildman–Crippen MR) is 68.3 cm³/mol. The van der Waals surface area contributed by atoms with Crippen LogP contribution in [0.2, 0.25) is 0 Å². The second-order valence-corrected chi connectivity index (χ2v) is 5.07. The number of hydrogen-bond acceptors (Lipinski definition) is 4. The summed E-state index contributed by atoms with van der Waals surface area (Å²) in [7, 11) is 0. The number of hydrogen-bond donors (Lipinski definition) is 1. The molecule has 1 aliphatic rings. The monoisotopic (exact) mass is 252 g/mol. The fraction of sp³-hybridized carbons (Fsp3) is 0.750. The van der Waals surface area contributed by atoms with Crippen LogP contribution < -0.4 is 5.73 Å². The van der Waals surface area contributed by atoms with Crippen LogP contribution in [-0.2, 0) is 13.0 Å². The van der Waals surface area contributed by atoms with Crippen molar-refractivity contribution in [3.63, 3.8) is 0 Å². The molecule has 1 aromatic heterocycles. The Hall–Kier alpha value is -1.43. The van der Waals surface area contributed by atoms with Crippen LogP contribution in [-0.4, -0.2) is 20.7 Å². The van der Waals surface area contributed by atoms with Gasteiger partial charge in [-0.15, -0.1) is 0 Å². The summed E-state index contributed by atoms with van der Waals surface area (Å²) >= 11 is 0. The van der Waals surface area contributed by atoms with Gasteiger partial charge in [0.15, 0.2) is 0 Å². The lowest BCUT2D eigenvalue weighted by Gasteiger charge is -2.11. The number of nitrogens with zero attached hydrogens (tertiary/aromatic N) is 3. The van der Waals surface area contributed by atoms with E-state index in [9.17, 15) is 10.1 Å². The largest absolute Gasteiger partial charge is 0.327 e. The average Bonchev–Trinajstić information content (AvgIpc) is 3.07. The first kappa shape index (κ1) is 13.0. The Morgan fingerprint density at radius 1 is 1.61 bits per heavy atom. The lowest BCUT2D eigenvalue weighted by Crippen LogP contribution is -2.27. The molecule has 6 nitrogen and oxygen atoms in total. The normalized spacial score (nSPS) is 16.8. The molecule has 18 heavy (non-hydrogen) atoms. The Balaban J connectivity index is 2.30. The van der Waals surface area contributed by atoms with Crippen LogP contribution in [0.1, 0.15) is 37.6 Å². The highest BCUT2D eigenvalue weighted by atomic mass is 16.6. The minimum Gasteiger partial charge on any atom is -0.327 e.